The number of hydrogen-bond donors (Lipinski definition) is 2. The summed E-state index contributed by atoms with van der Waals surface area (Å²) in [6, 6.07) is 3.31. The van der Waals surface area contributed by atoms with E-state index in [0.29, 0.717) is 29.9 Å². The lowest BCUT2D eigenvalue weighted by Crippen LogP contribution is -2.53. The van der Waals surface area contributed by atoms with Crippen molar-refractivity contribution in [3.8, 4) is 0 Å². The van der Waals surface area contributed by atoms with Crippen LogP contribution in [0.3, 0.4) is 0 Å². The summed E-state index contributed by atoms with van der Waals surface area (Å²) in [5.41, 5.74) is -0.211. The van der Waals surface area contributed by atoms with E-state index in [0.717, 1.165) is 25.7 Å². The second-order valence-electron chi connectivity index (χ2n) is 10.1. The molecular weight excluding hydrogens is 408 g/mol. The van der Waals surface area contributed by atoms with Crippen molar-refractivity contribution in [2.24, 2.45) is 11.8 Å². The van der Waals surface area contributed by atoms with Gasteiger partial charge in [0.25, 0.3) is 0 Å². The number of anilines is 2. The molecule has 32 heavy (non-hydrogen) atoms. The van der Waals surface area contributed by atoms with Crippen molar-refractivity contribution in [3.05, 3.63) is 18.3 Å². The van der Waals surface area contributed by atoms with Crippen molar-refractivity contribution in [1.82, 2.24) is 9.88 Å². The van der Waals surface area contributed by atoms with Crippen LogP contribution in [-0.2, 0) is 14.3 Å². The Kier molecular flexibility index (Phi) is 7.74. The van der Waals surface area contributed by atoms with Gasteiger partial charge in [-0.05, 0) is 70.4 Å². The summed E-state index contributed by atoms with van der Waals surface area (Å²) in [5.74, 6) is 0.0720. The van der Waals surface area contributed by atoms with Gasteiger partial charge in [0.05, 0.1) is 11.9 Å². The molecule has 1 saturated carbocycles. The number of nitrogens with zero attached hydrogens (tertiary/aromatic N) is 2. The monoisotopic (exact) mass is 444 g/mol. The fraction of sp³-hybridized carbons (Fsp3) is 0.667. The van der Waals surface area contributed by atoms with Gasteiger partial charge in [0.1, 0.15) is 11.4 Å². The topological polar surface area (TPSA) is 101 Å². The number of nitrogens with one attached hydrogen (secondary N) is 2. The molecule has 2 N–H and O–H groups in total. The fourth-order valence-electron chi connectivity index (χ4n) is 4.68. The summed E-state index contributed by atoms with van der Waals surface area (Å²) in [7, 11) is 0. The first-order valence-corrected chi connectivity index (χ1v) is 11.7. The lowest BCUT2D eigenvalue weighted by atomic mass is 9.78. The third-order valence-electron chi connectivity index (χ3n) is 6.16. The summed E-state index contributed by atoms with van der Waals surface area (Å²) in [6.45, 7) is 8.09. The number of rotatable bonds is 3. The minimum atomic E-state index is -0.644. The highest BCUT2D eigenvalue weighted by Gasteiger charge is 2.37. The van der Waals surface area contributed by atoms with Crippen LogP contribution in [0.4, 0.5) is 16.3 Å². The van der Waals surface area contributed by atoms with E-state index >= 15 is 0 Å². The second-order valence-corrected chi connectivity index (χ2v) is 10.1. The smallest absolute Gasteiger partial charge is 0.413 e. The van der Waals surface area contributed by atoms with Gasteiger partial charge in [-0.3, -0.25) is 14.9 Å². The van der Waals surface area contributed by atoms with E-state index in [4.69, 9.17) is 4.74 Å². The Morgan fingerprint density at radius 2 is 1.75 bits per heavy atom. The maximum atomic E-state index is 13.1. The number of carbonyl (C=O) groups excluding carboxylic acids is 3. The Morgan fingerprint density at radius 1 is 1.03 bits per heavy atom. The molecule has 0 bridgehead atoms. The first kappa shape index (κ1) is 24.0. The largest absolute Gasteiger partial charge is 0.444 e. The van der Waals surface area contributed by atoms with Gasteiger partial charge in [-0.2, -0.15) is 0 Å². The predicted octanol–water partition coefficient (Wildman–Crippen LogP) is 4.57. The molecule has 0 aromatic carbocycles. The van der Waals surface area contributed by atoms with Crippen molar-refractivity contribution in [2.75, 3.05) is 17.2 Å². The Hall–Kier alpha value is -2.64. The average Bonchev–Trinajstić information content (AvgIpc) is 2.73. The molecule has 3 amide bonds. The van der Waals surface area contributed by atoms with Crippen LogP contribution >= 0.6 is 0 Å². The Bertz CT molecular complexity index is 812. The first-order valence-electron chi connectivity index (χ1n) is 11.7. The van der Waals surface area contributed by atoms with Crippen LogP contribution in [0.1, 0.15) is 72.6 Å². The summed E-state index contributed by atoms with van der Waals surface area (Å²) in [4.78, 5) is 43.6. The Morgan fingerprint density at radius 3 is 2.38 bits per heavy atom. The predicted molar refractivity (Wildman–Crippen MR) is 123 cm³/mol. The van der Waals surface area contributed by atoms with Crippen molar-refractivity contribution in [3.63, 3.8) is 0 Å². The van der Waals surface area contributed by atoms with Gasteiger partial charge in [0, 0.05) is 12.6 Å². The van der Waals surface area contributed by atoms with Gasteiger partial charge in [-0.1, -0.05) is 26.2 Å². The van der Waals surface area contributed by atoms with E-state index in [1.807, 2.05) is 4.90 Å². The van der Waals surface area contributed by atoms with E-state index < -0.39 is 23.5 Å². The molecule has 8 nitrogen and oxygen atoms in total. The van der Waals surface area contributed by atoms with Gasteiger partial charge in [0.2, 0.25) is 0 Å². The molecule has 2 fully saturated rings. The van der Waals surface area contributed by atoms with Gasteiger partial charge >= 0.3 is 17.9 Å². The van der Waals surface area contributed by atoms with Crippen molar-refractivity contribution in [1.29, 1.82) is 0 Å². The average molecular weight is 445 g/mol. The first-order chi connectivity index (χ1) is 15.1. The molecule has 1 aromatic heterocycles. The quantitative estimate of drug-likeness (QED) is 0.665. The number of piperidine rings is 1. The standard InChI is InChI=1S/C24H36N4O4/c1-16-10-12-19(17-8-6-5-7-9-17)28(15-16)22(30)21(29)26-18-11-13-20(25-14-18)27-23(31)32-24(2,3)4/h11,13-14,16-17,19H,5-10,12,15H2,1-4H3,(H,26,29)(H,25,27,31). The van der Waals surface area contributed by atoms with E-state index in [9.17, 15) is 14.4 Å². The molecule has 2 atom stereocenters. The third-order valence-corrected chi connectivity index (χ3v) is 6.16. The molecule has 176 valence electrons. The van der Waals surface area contributed by atoms with Crippen molar-refractivity contribution in [2.45, 2.75) is 84.3 Å². The minimum Gasteiger partial charge on any atom is -0.444 e. The van der Waals surface area contributed by atoms with Crippen LogP contribution in [0.15, 0.2) is 18.3 Å². The second kappa shape index (κ2) is 10.3. The Balaban J connectivity index is 1.60. The molecule has 2 heterocycles. The maximum absolute atomic E-state index is 13.1. The lowest BCUT2D eigenvalue weighted by Gasteiger charge is -2.43. The van der Waals surface area contributed by atoms with Gasteiger partial charge in [-0.15, -0.1) is 0 Å². The van der Waals surface area contributed by atoms with Gasteiger partial charge < -0.3 is 15.0 Å². The Labute approximate surface area is 190 Å². The van der Waals surface area contributed by atoms with Crippen LogP contribution in [0, 0.1) is 11.8 Å². The van der Waals surface area contributed by atoms with Crippen LogP contribution in [0.2, 0.25) is 0 Å². The summed E-state index contributed by atoms with van der Waals surface area (Å²) >= 11 is 0. The number of aromatic nitrogens is 1. The highest BCUT2D eigenvalue weighted by atomic mass is 16.6. The molecular formula is C24H36N4O4. The van der Waals surface area contributed by atoms with Crippen molar-refractivity contribution >= 4 is 29.4 Å². The molecule has 8 heteroatoms. The molecule has 2 aliphatic rings. The molecule has 1 saturated heterocycles. The number of likely N-dealkylation sites (tertiary alicyclic amines) is 1. The fourth-order valence-corrected chi connectivity index (χ4v) is 4.68. The summed E-state index contributed by atoms with van der Waals surface area (Å²) in [6.07, 6.45) is 8.83. The van der Waals surface area contributed by atoms with Crippen molar-refractivity contribution < 1.29 is 19.1 Å². The van der Waals surface area contributed by atoms with E-state index in [2.05, 4.69) is 22.5 Å². The molecule has 0 spiro atoms. The highest BCUT2D eigenvalue weighted by Crippen LogP contribution is 2.35. The van der Waals surface area contributed by atoms with Crippen LogP contribution in [0.5, 0.6) is 0 Å². The SMILES string of the molecule is CC1CCC(C2CCCCC2)N(C(=O)C(=O)Nc2ccc(NC(=O)OC(C)(C)C)nc2)C1. The van der Waals surface area contributed by atoms with Gasteiger partial charge in [-0.25, -0.2) is 9.78 Å². The highest BCUT2D eigenvalue weighted by molar-refractivity contribution is 6.39. The maximum Gasteiger partial charge on any atom is 0.413 e. The molecule has 0 radical (unpaired) electrons. The zero-order valence-electron chi connectivity index (χ0n) is 19.6. The van der Waals surface area contributed by atoms with Crippen LogP contribution < -0.4 is 10.6 Å². The molecule has 1 aromatic rings. The van der Waals surface area contributed by atoms with Gasteiger partial charge in [0.15, 0.2) is 0 Å². The number of amides is 3. The number of hydrogen-bond acceptors (Lipinski definition) is 5. The molecule has 3 rings (SSSR count). The third kappa shape index (κ3) is 6.68. The minimum absolute atomic E-state index is 0.156. The van der Waals surface area contributed by atoms with Crippen LogP contribution in [0.25, 0.3) is 0 Å². The van der Waals surface area contributed by atoms with E-state index in [-0.39, 0.29) is 6.04 Å². The van der Waals surface area contributed by atoms with E-state index in [1.54, 1.807) is 32.9 Å². The number of ether oxygens (including phenoxy) is 1. The lowest BCUT2D eigenvalue weighted by molar-refractivity contribution is -0.147. The summed E-state index contributed by atoms with van der Waals surface area (Å²) < 4.78 is 5.19. The zero-order valence-corrected chi connectivity index (χ0v) is 19.6. The molecule has 1 aliphatic heterocycles. The number of pyridine rings is 1. The molecule has 1 aliphatic carbocycles. The normalized spacial score (nSPS) is 22.2. The zero-order chi connectivity index (χ0) is 23.3. The molecule has 2 unspecified atom stereocenters. The van der Waals surface area contributed by atoms with Crippen LogP contribution in [-0.4, -0.2) is 46.0 Å². The van der Waals surface area contributed by atoms with E-state index in [1.165, 1.54) is 25.5 Å². The summed E-state index contributed by atoms with van der Waals surface area (Å²) in [5, 5.41) is 5.20. The number of carbonyl (C=O) groups is 3.